The van der Waals surface area contributed by atoms with Crippen LogP contribution in [0.15, 0.2) is 78.9 Å². The molecule has 1 atom stereocenters. The molecule has 3 aromatic carbocycles. The lowest BCUT2D eigenvalue weighted by Gasteiger charge is -2.26. The highest BCUT2D eigenvalue weighted by molar-refractivity contribution is 5.79. The smallest absolute Gasteiger partial charge is 0.220 e. The summed E-state index contributed by atoms with van der Waals surface area (Å²) in [7, 11) is 5.68. The van der Waals surface area contributed by atoms with Crippen molar-refractivity contribution < 1.29 is 9.53 Å². The zero-order chi connectivity index (χ0) is 23.2. The van der Waals surface area contributed by atoms with E-state index in [2.05, 4.69) is 33.0 Å². The molecule has 1 amide bonds. The molecule has 0 aliphatic rings. The molecule has 4 aromatic rings. The Labute approximate surface area is 194 Å². The van der Waals surface area contributed by atoms with Gasteiger partial charge in [-0.3, -0.25) is 9.36 Å². The second kappa shape index (κ2) is 10.3. The van der Waals surface area contributed by atoms with E-state index in [1.54, 1.807) is 7.11 Å². The van der Waals surface area contributed by atoms with Crippen LogP contribution in [0.3, 0.4) is 0 Å². The van der Waals surface area contributed by atoms with Crippen molar-refractivity contribution in [3.8, 4) is 11.4 Å². The van der Waals surface area contributed by atoms with Crippen LogP contribution in [0.25, 0.3) is 16.7 Å². The minimum Gasteiger partial charge on any atom is -0.496 e. The zero-order valence-corrected chi connectivity index (χ0v) is 19.4. The maximum Gasteiger partial charge on any atom is 0.220 e. The Balaban J connectivity index is 1.47. The van der Waals surface area contributed by atoms with Crippen molar-refractivity contribution >= 4 is 16.9 Å². The number of aryl methyl sites for hydroxylation is 1. The summed E-state index contributed by atoms with van der Waals surface area (Å²) in [5, 5.41) is 3.10. The Morgan fingerprint density at radius 1 is 1.00 bits per heavy atom. The van der Waals surface area contributed by atoms with E-state index >= 15 is 0 Å². The van der Waals surface area contributed by atoms with Gasteiger partial charge in [0.05, 0.1) is 24.2 Å². The average molecular weight is 443 g/mol. The SMILES string of the molecule is COc1ccccc1C(CNC(=O)CCc1nc2ccccc2n1-c1ccccc1)N(C)C. The van der Waals surface area contributed by atoms with Gasteiger partial charge in [-0.2, -0.15) is 0 Å². The third-order valence-electron chi connectivity index (χ3n) is 5.83. The van der Waals surface area contributed by atoms with Crippen LogP contribution >= 0.6 is 0 Å². The van der Waals surface area contributed by atoms with E-state index in [9.17, 15) is 4.79 Å². The van der Waals surface area contributed by atoms with Gasteiger partial charge >= 0.3 is 0 Å². The molecule has 33 heavy (non-hydrogen) atoms. The molecule has 0 aliphatic carbocycles. The average Bonchev–Trinajstić information content (AvgIpc) is 3.22. The number of nitrogens with one attached hydrogen (secondary N) is 1. The fourth-order valence-electron chi connectivity index (χ4n) is 4.15. The van der Waals surface area contributed by atoms with Gasteiger partial charge in [0.2, 0.25) is 5.91 Å². The molecule has 0 spiro atoms. The molecule has 0 saturated carbocycles. The number of rotatable bonds is 9. The number of nitrogens with zero attached hydrogens (tertiary/aromatic N) is 3. The summed E-state index contributed by atoms with van der Waals surface area (Å²) in [6.07, 6.45) is 0.916. The standard InChI is InChI=1S/C27H30N4O2/c1-30(2)24(21-13-7-10-16-25(21)33-3)19-28-27(32)18-17-26-29-22-14-8-9-15-23(22)31(26)20-11-5-4-6-12-20/h4-16,24H,17-19H2,1-3H3,(H,28,32). The summed E-state index contributed by atoms with van der Waals surface area (Å²) in [4.78, 5) is 19.7. The Morgan fingerprint density at radius 2 is 1.70 bits per heavy atom. The van der Waals surface area contributed by atoms with Crippen LogP contribution in [-0.2, 0) is 11.2 Å². The minimum absolute atomic E-state index is 0.00316. The van der Waals surface area contributed by atoms with E-state index in [0.717, 1.165) is 33.9 Å². The summed E-state index contributed by atoms with van der Waals surface area (Å²) < 4.78 is 7.66. The van der Waals surface area contributed by atoms with Crippen molar-refractivity contribution in [2.75, 3.05) is 27.7 Å². The number of imidazole rings is 1. The zero-order valence-electron chi connectivity index (χ0n) is 19.4. The minimum atomic E-state index is 0.00316. The normalized spacial score (nSPS) is 12.1. The number of carbonyl (C=O) groups excluding carboxylic acids is 1. The number of ether oxygens (including phenoxy) is 1. The molecule has 4 rings (SSSR count). The quantitative estimate of drug-likeness (QED) is 0.418. The van der Waals surface area contributed by atoms with Gasteiger partial charge in [-0.05, 0) is 44.4 Å². The molecule has 0 saturated heterocycles. The summed E-state index contributed by atoms with van der Waals surface area (Å²) >= 11 is 0. The molecular weight excluding hydrogens is 412 g/mol. The lowest BCUT2D eigenvalue weighted by atomic mass is 10.0. The predicted molar refractivity (Wildman–Crippen MR) is 132 cm³/mol. The summed E-state index contributed by atoms with van der Waals surface area (Å²) in [6.45, 7) is 0.501. The molecule has 1 unspecified atom stereocenters. The highest BCUT2D eigenvalue weighted by atomic mass is 16.5. The molecule has 6 heteroatoms. The monoisotopic (exact) mass is 442 g/mol. The third-order valence-corrected chi connectivity index (χ3v) is 5.83. The molecule has 0 bridgehead atoms. The Bertz CT molecular complexity index is 1220. The second-order valence-electron chi connectivity index (χ2n) is 8.21. The van der Waals surface area contributed by atoms with Crippen molar-refractivity contribution in [3.05, 3.63) is 90.3 Å². The summed E-state index contributed by atoms with van der Waals surface area (Å²) in [6, 6.07) is 26.2. The molecule has 1 aromatic heterocycles. The first-order valence-electron chi connectivity index (χ1n) is 11.2. The number of carbonyl (C=O) groups is 1. The second-order valence-corrected chi connectivity index (χ2v) is 8.21. The molecular formula is C27H30N4O2. The molecule has 170 valence electrons. The van der Waals surface area contributed by atoms with E-state index in [1.165, 1.54) is 0 Å². The molecule has 0 radical (unpaired) electrons. The van der Waals surface area contributed by atoms with E-state index in [1.807, 2.05) is 74.8 Å². The predicted octanol–water partition coefficient (Wildman–Crippen LogP) is 4.39. The van der Waals surface area contributed by atoms with E-state index in [-0.39, 0.29) is 11.9 Å². The number of benzene rings is 3. The lowest BCUT2D eigenvalue weighted by molar-refractivity contribution is -0.121. The van der Waals surface area contributed by atoms with Gasteiger partial charge in [0.1, 0.15) is 11.6 Å². The van der Waals surface area contributed by atoms with Crippen molar-refractivity contribution in [2.24, 2.45) is 0 Å². The molecule has 1 heterocycles. The maximum atomic E-state index is 12.8. The first-order valence-corrected chi connectivity index (χ1v) is 11.2. The van der Waals surface area contributed by atoms with Gasteiger partial charge in [-0.15, -0.1) is 0 Å². The lowest BCUT2D eigenvalue weighted by Crippen LogP contribution is -2.35. The summed E-state index contributed by atoms with van der Waals surface area (Å²) in [5.74, 6) is 1.71. The Morgan fingerprint density at radius 3 is 2.45 bits per heavy atom. The highest BCUT2D eigenvalue weighted by Crippen LogP contribution is 2.27. The largest absolute Gasteiger partial charge is 0.496 e. The van der Waals surface area contributed by atoms with Crippen LogP contribution < -0.4 is 10.1 Å². The van der Waals surface area contributed by atoms with Gasteiger partial charge < -0.3 is 15.0 Å². The van der Waals surface area contributed by atoms with Crippen LogP contribution in [0.5, 0.6) is 5.75 Å². The topological polar surface area (TPSA) is 59.4 Å². The van der Waals surface area contributed by atoms with Crippen LogP contribution in [0.4, 0.5) is 0 Å². The fraction of sp³-hybridized carbons (Fsp3) is 0.259. The Kier molecular flexibility index (Phi) is 7.05. The molecule has 1 N–H and O–H groups in total. The van der Waals surface area contributed by atoms with Crippen LogP contribution in [-0.4, -0.2) is 48.1 Å². The van der Waals surface area contributed by atoms with Crippen LogP contribution in [0, 0.1) is 0 Å². The highest BCUT2D eigenvalue weighted by Gasteiger charge is 2.19. The maximum absolute atomic E-state index is 12.8. The van der Waals surface area contributed by atoms with Crippen molar-refractivity contribution in [1.82, 2.24) is 19.8 Å². The number of hydrogen-bond donors (Lipinski definition) is 1. The van der Waals surface area contributed by atoms with Gasteiger partial charge in [0, 0.05) is 30.6 Å². The van der Waals surface area contributed by atoms with Gasteiger partial charge in [-0.1, -0.05) is 48.5 Å². The molecule has 0 fully saturated rings. The van der Waals surface area contributed by atoms with Crippen LogP contribution in [0.2, 0.25) is 0 Å². The fourth-order valence-corrected chi connectivity index (χ4v) is 4.15. The first-order chi connectivity index (χ1) is 16.1. The van der Waals surface area contributed by atoms with Crippen molar-refractivity contribution in [2.45, 2.75) is 18.9 Å². The van der Waals surface area contributed by atoms with Crippen molar-refractivity contribution in [1.29, 1.82) is 0 Å². The van der Waals surface area contributed by atoms with Gasteiger partial charge in [0.25, 0.3) is 0 Å². The number of amides is 1. The number of hydrogen-bond acceptors (Lipinski definition) is 4. The molecule has 6 nitrogen and oxygen atoms in total. The van der Waals surface area contributed by atoms with E-state index in [4.69, 9.17) is 9.72 Å². The van der Waals surface area contributed by atoms with E-state index < -0.39 is 0 Å². The van der Waals surface area contributed by atoms with Crippen LogP contribution in [0.1, 0.15) is 23.9 Å². The van der Waals surface area contributed by atoms with Crippen molar-refractivity contribution in [3.63, 3.8) is 0 Å². The number of aromatic nitrogens is 2. The molecule has 0 aliphatic heterocycles. The number of likely N-dealkylation sites (N-methyl/N-ethyl adjacent to an activating group) is 1. The number of para-hydroxylation sites is 4. The summed E-state index contributed by atoms with van der Waals surface area (Å²) in [5.41, 5.74) is 4.07. The third kappa shape index (κ3) is 5.07. The van der Waals surface area contributed by atoms with Gasteiger partial charge in [-0.25, -0.2) is 4.98 Å². The van der Waals surface area contributed by atoms with E-state index in [0.29, 0.717) is 19.4 Å². The number of fused-ring (bicyclic) bond motifs is 1. The number of methoxy groups -OCH3 is 1. The van der Waals surface area contributed by atoms with Gasteiger partial charge in [0.15, 0.2) is 0 Å². The Hall–Kier alpha value is -3.64. The first kappa shape index (κ1) is 22.6.